The Morgan fingerprint density at radius 3 is 2.43 bits per heavy atom. The smallest absolute Gasteiger partial charge is 0.275 e. The highest BCUT2D eigenvalue weighted by molar-refractivity contribution is 6.34. The predicted octanol–water partition coefficient (Wildman–Crippen LogP) is 2.99. The normalized spacial score (nSPS) is 10.0. The van der Waals surface area contributed by atoms with Gasteiger partial charge >= 0.3 is 0 Å². The third-order valence-electron chi connectivity index (χ3n) is 2.39. The lowest BCUT2D eigenvalue weighted by Crippen LogP contribution is -2.14. The summed E-state index contributed by atoms with van der Waals surface area (Å²) in [6.07, 6.45) is 2.55. The number of carbonyl (C=O) groups excluding carboxylic acids is 2. The molecule has 1 heterocycles. The van der Waals surface area contributed by atoms with E-state index in [1.54, 1.807) is 12.1 Å². The second kappa shape index (κ2) is 6.51. The van der Waals surface area contributed by atoms with E-state index >= 15 is 0 Å². The summed E-state index contributed by atoms with van der Waals surface area (Å²) in [6, 6.07) is 4.72. The Kier molecular flexibility index (Phi) is 4.72. The molecule has 1 aromatic carbocycles. The van der Waals surface area contributed by atoms with E-state index in [2.05, 4.69) is 20.6 Å². The number of rotatable bonds is 3. The molecular weight excluding hydrogens is 315 g/mol. The summed E-state index contributed by atoms with van der Waals surface area (Å²) in [7, 11) is 0. The molecule has 0 atom stereocenters. The standard InChI is InChI=1S/C13H10Cl2N4O2/c1-7(20)18-10-3-2-8(4-9(10)14)19-13(21)11-5-17-12(15)6-16-11/h2-6H,1H3,(H,18,20)(H,19,21). The molecule has 0 unspecified atom stereocenters. The van der Waals surface area contributed by atoms with Crippen LogP contribution in [0.25, 0.3) is 0 Å². The van der Waals surface area contributed by atoms with Gasteiger partial charge in [0, 0.05) is 12.6 Å². The summed E-state index contributed by atoms with van der Waals surface area (Å²) >= 11 is 11.6. The second-order valence-corrected chi connectivity index (χ2v) is 4.85. The topological polar surface area (TPSA) is 84.0 Å². The zero-order chi connectivity index (χ0) is 15.4. The van der Waals surface area contributed by atoms with Gasteiger partial charge in [-0.3, -0.25) is 9.59 Å². The highest BCUT2D eigenvalue weighted by atomic mass is 35.5. The minimum absolute atomic E-state index is 0.126. The van der Waals surface area contributed by atoms with E-state index in [1.807, 2.05) is 0 Å². The van der Waals surface area contributed by atoms with Gasteiger partial charge in [0.1, 0.15) is 10.8 Å². The monoisotopic (exact) mass is 324 g/mol. The Hall–Kier alpha value is -2.18. The lowest BCUT2D eigenvalue weighted by molar-refractivity contribution is -0.114. The fourth-order valence-corrected chi connectivity index (χ4v) is 1.83. The van der Waals surface area contributed by atoms with Crippen LogP contribution in [0, 0.1) is 0 Å². The fourth-order valence-electron chi connectivity index (χ4n) is 1.51. The molecular formula is C13H10Cl2N4O2. The van der Waals surface area contributed by atoms with Crippen molar-refractivity contribution >= 4 is 46.4 Å². The van der Waals surface area contributed by atoms with Crippen molar-refractivity contribution < 1.29 is 9.59 Å². The number of amides is 2. The zero-order valence-electron chi connectivity index (χ0n) is 10.9. The van der Waals surface area contributed by atoms with Gasteiger partial charge in [-0.25, -0.2) is 9.97 Å². The molecule has 0 saturated heterocycles. The molecule has 6 nitrogen and oxygen atoms in total. The van der Waals surface area contributed by atoms with E-state index in [-0.39, 0.29) is 16.8 Å². The highest BCUT2D eigenvalue weighted by Crippen LogP contribution is 2.25. The molecule has 2 aromatic rings. The SMILES string of the molecule is CC(=O)Nc1ccc(NC(=O)c2cnc(Cl)cn2)cc1Cl. The summed E-state index contributed by atoms with van der Waals surface area (Å²) in [5, 5.41) is 5.70. The Bertz CT molecular complexity index is 689. The summed E-state index contributed by atoms with van der Waals surface area (Å²) in [5.41, 5.74) is 1.06. The first-order valence-electron chi connectivity index (χ1n) is 5.82. The zero-order valence-corrected chi connectivity index (χ0v) is 12.4. The molecule has 0 aliphatic rings. The minimum atomic E-state index is -0.442. The van der Waals surface area contributed by atoms with Gasteiger partial charge in [-0.1, -0.05) is 23.2 Å². The fraction of sp³-hybridized carbons (Fsp3) is 0.0769. The van der Waals surface area contributed by atoms with E-state index in [0.717, 1.165) is 0 Å². The third kappa shape index (κ3) is 4.14. The molecule has 0 spiro atoms. The van der Waals surface area contributed by atoms with Gasteiger partial charge in [-0.05, 0) is 18.2 Å². The van der Waals surface area contributed by atoms with E-state index in [4.69, 9.17) is 23.2 Å². The van der Waals surface area contributed by atoms with Crippen molar-refractivity contribution in [2.24, 2.45) is 0 Å². The van der Waals surface area contributed by atoms with E-state index in [9.17, 15) is 9.59 Å². The predicted molar refractivity (Wildman–Crippen MR) is 80.8 cm³/mol. The lowest BCUT2D eigenvalue weighted by atomic mass is 10.2. The van der Waals surface area contributed by atoms with Crippen LogP contribution in [-0.4, -0.2) is 21.8 Å². The van der Waals surface area contributed by atoms with Crippen LogP contribution in [0.1, 0.15) is 17.4 Å². The molecule has 2 rings (SSSR count). The summed E-state index contributed by atoms with van der Waals surface area (Å²) < 4.78 is 0. The van der Waals surface area contributed by atoms with Crippen LogP contribution in [0.4, 0.5) is 11.4 Å². The number of hydrogen-bond donors (Lipinski definition) is 2. The molecule has 0 fully saturated rings. The number of carbonyl (C=O) groups is 2. The maximum Gasteiger partial charge on any atom is 0.275 e. The van der Waals surface area contributed by atoms with Crippen LogP contribution in [0.2, 0.25) is 10.2 Å². The number of nitrogens with zero attached hydrogens (tertiary/aromatic N) is 2. The Labute approximate surface area is 130 Å². The first kappa shape index (κ1) is 15.2. The minimum Gasteiger partial charge on any atom is -0.325 e. The maximum absolute atomic E-state index is 11.9. The molecule has 0 aliphatic carbocycles. The van der Waals surface area contributed by atoms with Crippen molar-refractivity contribution in [2.75, 3.05) is 10.6 Å². The molecule has 0 aliphatic heterocycles. The number of hydrogen-bond acceptors (Lipinski definition) is 4. The number of benzene rings is 1. The first-order valence-corrected chi connectivity index (χ1v) is 6.57. The van der Waals surface area contributed by atoms with Crippen LogP contribution in [0.5, 0.6) is 0 Å². The molecule has 0 saturated carbocycles. The second-order valence-electron chi connectivity index (χ2n) is 4.05. The summed E-state index contributed by atoms with van der Waals surface area (Å²) in [4.78, 5) is 30.5. The molecule has 108 valence electrons. The Balaban J connectivity index is 2.12. The van der Waals surface area contributed by atoms with Gasteiger partial charge in [0.2, 0.25) is 5.91 Å². The van der Waals surface area contributed by atoms with Gasteiger partial charge in [0.25, 0.3) is 5.91 Å². The van der Waals surface area contributed by atoms with Crippen molar-refractivity contribution in [3.63, 3.8) is 0 Å². The van der Waals surface area contributed by atoms with Crippen LogP contribution in [0.3, 0.4) is 0 Å². The molecule has 8 heteroatoms. The number of halogens is 2. The van der Waals surface area contributed by atoms with E-state index < -0.39 is 5.91 Å². The Morgan fingerprint density at radius 2 is 1.86 bits per heavy atom. The molecule has 2 N–H and O–H groups in total. The van der Waals surface area contributed by atoms with Gasteiger partial charge in [0.05, 0.1) is 23.1 Å². The largest absolute Gasteiger partial charge is 0.325 e. The van der Waals surface area contributed by atoms with Crippen LogP contribution in [0.15, 0.2) is 30.6 Å². The summed E-state index contributed by atoms with van der Waals surface area (Å²) in [6.45, 7) is 1.38. The van der Waals surface area contributed by atoms with E-state index in [0.29, 0.717) is 16.4 Å². The van der Waals surface area contributed by atoms with Crippen molar-refractivity contribution in [1.29, 1.82) is 0 Å². The Morgan fingerprint density at radius 1 is 1.10 bits per heavy atom. The number of nitrogens with one attached hydrogen (secondary N) is 2. The molecule has 1 aromatic heterocycles. The van der Waals surface area contributed by atoms with Crippen molar-refractivity contribution in [2.45, 2.75) is 6.92 Å². The first-order chi connectivity index (χ1) is 9.95. The van der Waals surface area contributed by atoms with Crippen LogP contribution >= 0.6 is 23.2 Å². The van der Waals surface area contributed by atoms with Crippen LogP contribution < -0.4 is 10.6 Å². The quantitative estimate of drug-likeness (QED) is 0.908. The number of aromatic nitrogens is 2. The van der Waals surface area contributed by atoms with Gasteiger partial charge in [-0.15, -0.1) is 0 Å². The van der Waals surface area contributed by atoms with Crippen molar-refractivity contribution in [3.8, 4) is 0 Å². The average Bonchev–Trinajstić information content (AvgIpc) is 2.42. The highest BCUT2D eigenvalue weighted by Gasteiger charge is 2.10. The molecule has 0 radical (unpaired) electrons. The molecule has 2 amide bonds. The average molecular weight is 325 g/mol. The summed E-state index contributed by atoms with van der Waals surface area (Å²) in [5.74, 6) is -0.673. The third-order valence-corrected chi connectivity index (χ3v) is 2.90. The van der Waals surface area contributed by atoms with Gasteiger partial charge in [0.15, 0.2) is 0 Å². The molecule has 0 bridgehead atoms. The number of anilines is 2. The van der Waals surface area contributed by atoms with Gasteiger partial charge in [-0.2, -0.15) is 0 Å². The van der Waals surface area contributed by atoms with Gasteiger partial charge < -0.3 is 10.6 Å². The van der Waals surface area contributed by atoms with E-state index in [1.165, 1.54) is 25.4 Å². The van der Waals surface area contributed by atoms with Crippen molar-refractivity contribution in [1.82, 2.24) is 9.97 Å². The maximum atomic E-state index is 11.9. The lowest BCUT2D eigenvalue weighted by Gasteiger charge is -2.08. The molecule has 21 heavy (non-hydrogen) atoms. The van der Waals surface area contributed by atoms with Crippen molar-refractivity contribution in [3.05, 3.63) is 46.5 Å². The van der Waals surface area contributed by atoms with Crippen LogP contribution in [-0.2, 0) is 4.79 Å².